The van der Waals surface area contributed by atoms with E-state index in [0.29, 0.717) is 43.4 Å². The van der Waals surface area contributed by atoms with Crippen molar-refractivity contribution in [3.05, 3.63) is 78.5 Å². The van der Waals surface area contributed by atoms with Gasteiger partial charge in [-0.15, -0.1) is 0 Å². The fourth-order valence-electron chi connectivity index (χ4n) is 4.50. The molecule has 0 bridgehead atoms. The molecule has 0 saturated heterocycles. The minimum absolute atomic E-state index is 0.0870. The fourth-order valence-corrected chi connectivity index (χ4v) is 5.54. The van der Waals surface area contributed by atoms with Gasteiger partial charge in [-0.25, -0.2) is 14.6 Å². The Bertz CT molecular complexity index is 1720. The highest BCUT2D eigenvalue weighted by molar-refractivity contribution is 7.07. The third-order valence-electron chi connectivity index (χ3n) is 6.22. The van der Waals surface area contributed by atoms with E-state index in [1.54, 1.807) is 56.3 Å². The molecule has 11 nitrogen and oxygen atoms in total. The summed E-state index contributed by atoms with van der Waals surface area (Å²) in [6.45, 7) is 6.87. The zero-order valence-corrected chi connectivity index (χ0v) is 24.9. The highest BCUT2D eigenvalue weighted by Gasteiger charge is 2.34. The van der Waals surface area contributed by atoms with Crippen molar-refractivity contribution in [3.8, 4) is 23.0 Å². The minimum atomic E-state index is -1.12. The molecule has 222 valence electrons. The molecule has 1 aliphatic rings. The number of allylic oxidation sites excluding steroid dienone is 1. The van der Waals surface area contributed by atoms with Crippen LogP contribution in [0, 0.1) is 0 Å². The van der Waals surface area contributed by atoms with Gasteiger partial charge in [0.1, 0.15) is 0 Å². The number of aliphatic carboxylic acids is 1. The summed E-state index contributed by atoms with van der Waals surface area (Å²) in [6.07, 6.45) is 1.59. The van der Waals surface area contributed by atoms with E-state index >= 15 is 0 Å². The lowest BCUT2D eigenvalue weighted by molar-refractivity contribution is -0.140. The van der Waals surface area contributed by atoms with Gasteiger partial charge >= 0.3 is 11.9 Å². The highest BCUT2D eigenvalue weighted by Crippen LogP contribution is 2.36. The number of nitrogens with zero attached hydrogens (tertiary/aromatic N) is 2. The lowest BCUT2D eigenvalue weighted by atomic mass is 9.95. The Morgan fingerprint density at radius 3 is 2.40 bits per heavy atom. The van der Waals surface area contributed by atoms with Gasteiger partial charge in [-0.3, -0.25) is 9.36 Å². The predicted molar refractivity (Wildman–Crippen MR) is 155 cm³/mol. The molecule has 0 saturated carbocycles. The fraction of sp³-hybridized carbons (Fsp3) is 0.333. The normalized spacial score (nSPS) is 14.7. The molecule has 0 fully saturated rings. The lowest BCUT2D eigenvalue weighted by Crippen LogP contribution is -2.40. The first-order chi connectivity index (χ1) is 20.1. The van der Waals surface area contributed by atoms with Crippen molar-refractivity contribution >= 4 is 29.4 Å². The van der Waals surface area contributed by atoms with E-state index in [1.807, 2.05) is 13.8 Å². The van der Waals surface area contributed by atoms with Gasteiger partial charge < -0.3 is 28.8 Å². The Balaban J connectivity index is 1.87. The van der Waals surface area contributed by atoms with Gasteiger partial charge in [-0.05, 0) is 69.2 Å². The van der Waals surface area contributed by atoms with E-state index in [2.05, 4.69) is 4.99 Å². The summed E-state index contributed by atoms with van der Waals surface area (Å²) in [5.41, 5.74) is 1.57. The minimum Gasteiger partial charge on any atom is -0.493 e. The van der Waals surface area contributed by atoms with E-state index < -0.39 is 24.6 Å². The van der Waals surface area contributed by atoms with Gasteiger partial charge in [0.25, 0.3) is 5.56 Å². The Labute approximate surface area is 245 Å². The van der Waals surface area contributed by atoms with Crippen LogP contribution in [0.25, 0.3) is 6.08 Å². The first-order valence-corrected chi connectivity index (χ1v) is 14.0. The van der Waals surface area contributed by atoms with Crippen molar-refractivity contribution in [2.24, 2.45) is 4.99 Å². The molecular formula is C30H32N2O9S. The molecule has 4 rings (SSSR count). The molecular weight excluding hydrogens is 564 g/mol. The first-order valence-electron chi connectivity index (χ1n) is 13.1. The summed E-state index contributed by atoms with van der Waals surface area (Å²) < 4.78 is 29.3. The number of carboxylic acids is 1. The molecule has 42 heavy (non-hydrogen) atoms. The van der Waals surface area contributed by atoms with E-state index in [1.165, 1.54) is 30.1 Å². The van der Waals surface area contributed by atoms with Crippen molar-refractivity contribution in [1.82, 2.24) is 4.57 Å². The van der Waals surface area contributed by atoms with Crippen LogP contribution < -0.4 is 33.8 Å². The van der Waals surface area contributed by atoms with Crippen molar-refractivity contribution in [2.45, 2.75) is 39.8 Å². The Morgan fingerprint density at radius 2 is 1.76 bits per heavy atom. The van der Waals surface area contributed by atoms with Crippen LogP contribution in [0.15, 0.2) is 57.5 Å². The van der Waals surface area contributed by atoms with Gasteiger partial charge in [-0.1, -0.05) is 23.5 Å². The Kier molecular flexibility index (Phi) is 9.36. The molecule has 2 aromatic carbocycles. The van der Waals surface area contributed by atoms with Gasteiger partial charge in [0, 0.05) is 0 Å². The number of carbonyl (C=O) groups excluding carboxylic acids is 1. The second-order valence-electron chi connectivity index (χ2n) is 9.47. The van der Waals surface area contributed by atoms with Gasteiger partial charge in [-0.2, -0.15) is 0 Å². The number of carboxylic acid groups (broad SMARTS) is 1. The monoisotopic (exact) mass is 596 g/mol. The second kappa shape index (κ2) is 12.9. The summed E-state index contributed by atoms with van der Waals surface area (Å²) in [6, 6.07) is 9.36. The van der Waals surface area contributed by atoms with Crippen LogP contribution in [0.2, 0.25) is 0 Å². The SMILES string of the molecule is CCOC(=O)C1=C(C)N=c2s/c(=C\c3ccc(OCC(=O)O)c(OC)c3)c(=O)n2[C@@H]1c1ccc(OC(C)C)c(OC)c1. The molecule has 1 aliphatic heterocycles. The predicted octanol–water partition coefficient (Wildman–Crippen LogP) is 3.07. The summed E-state index contributed by atoms with van der Waals surface area (Å²) >= 11 is 1.18. The van der Waals surface area contributed by atoms with Crippen LogP contribution in [0.5, 0.6) is 23.0 Å². The average molecular weight is 597 g/mol. The van der Waals surface area contributed by atoms with Gasteiger partial charge in [0.15, 0.2) is 34.4 Å². The smallest absolute Gasteiger partial charge is 0.341 e. The largest absolute Gasteiger partial charge is 0.493 e. The molecule has 0 radical (unpaired) electrons. The Hall–Kier alpha value is -4.58. The molecule has 1 N–H and O–H groups in total. The zero-order chi connectivity index (χ0) is 30.6. The number of fused-ring (bicyclic) bond motifs is 1. The molecule has 0 unspecified atom stereocenters. The number of benzene rings is 2. The van der Waals surface area contributed by atoms with Crippen LogP contribution in [0.3, 0.4) is 0 Å². The molecule has 2 heterocycles. The number of aromatic nitrogens is 1. The van der Waals surface area contributed by atoms with Crippen molar-refractivity contribution in [1.29, 1.82) is 0 Å². The lowest BCUT2D eigenvalue weighted by Gasteiger charge is -2.25. The van der Waals surface area contributed by atoms with Crippen LogP contribution >= 0.6 is 11.3 Å². The molecule has 3 aromatic rings. The number of esters is 1. The van der Waals surface area contributed by atoms with Crippen LogP contribution in [0.4, 0.5) is 0 Å². The number of thiazole rings is 1. The van der Waals surface area contributed by atoms with Crippen molar-refractivity contribution < 1.29 is 38.4 Å². The number of hydrogen-bond acceptors (Lipinski definition) is 10. The van der Waals surface area contributed by atoms with Crippen molar-refractivity contribution in [3.63, 3.8) is 0 Å². The highest BCUT2D eigenvalue weighted by atomic mass is 32.1. The topological polar surface area (TPSA) is 135 Å². The quantitative estimate of drug-likeness (QED) is 0.332. The standard InChI is InChI=1S/C30H32N2O9S/c1-7-39-29(36)26-17(4)31-30-32(27(26)19-9-11-21(41-16(2)3)23(14-19)38-6)28(35)24(42-30)13-18-8-10-20(22(12-18)37-5)40-15-25(33)34/h8-14,16,27H,7,15H2,1-6H3,(H,33,34)/b24-13-/t27-/m1/s1. The second-order valence-corrected chi connectivity index (χ2v) is 10.5. The molecule has 12 heteroatoms. The maximum atomic E-state index is 13.9. The van der Waals surface area contributed by atoms with Crippen LogP contribution in [0.1, 0.15) is 44.9 Å². The van der Waals surface area contributed by atoms with Crippen LogP contribution in [-0.4, -0.2) is 55.1 Å². The third kappa shape index (κ3) is 6.33. The summed E-state index contributed by atoms with van der Waals surface area (Å²) in [7, 11) is 2.96. The van der Waals surface area contributed by atoms with E-state index in [4.69, 9.17) is 28.8 Å². The van der Waals surface area contributed by atoms with Crippen LogP contribution in [-0.2, 0) is 14.3 Å². The van der Waals surface area contributed by atoms with E-state index in [0.717, 1.165) is 0 Å². The maximum Gasteiger partial charge on any atom is 0.341 e. The molecule has 1 atom stereocenters. The molecule has 0 aliphatic carbocycles. The summed E-state index contributed by atoms with van der Waals surface area (Å²) in [5, 5.41) is 8.92. The summed E-state index contributed by atoms with van der Waals surface area (Å²) in [4.78, 5) is 43.0. The molecule has 0 spiro atoms. The summed E-state index contributed by atoms with van der Waals surface area (Å²) in [5.74, 6) is -0.126. The maximum absolute atomic E-state index is 13.9. The van der Waals surface area contributed by atoms with Gasteiger partial charge in [0.2, 0.25) is 0 Å². The van der Waals surface area contributed by atoms with Crippen molar-refractivity contribution in [2.75, 3.05) is 27.4 Å². The number of rotatable bonds is 11. The number of ether oxygens (including phenoxy) is 5. The van der Waals surface area contributed by atoms with E-state index in [-0.39, 0.29) is 29.6 Å². The third-order valence-corrected chi connectivity index (χ3v) is 7.20. The zero-order valence-electron chi connectivity index (χ0n) is 24.1. The number of methoxy groups -OCH3 is 2. The first kappa shape index (κ1) is 30.4. The average Bonchev–Trinajstić information content (AvgIpc) is 3.25. The molecule has 1 aromatic heterocycles. The number of hydrogen-bond donors (Lipinski definition) is 1. The number of carbonyl (C=O) groups is 2. The Morgan fingerprint density at radius 1 is 1.07 bits per heavy atom. The van der Waals surface area contributed by atoms with Gasteiger partial charge in [0.05, 0.1) is 48.8 Å². The van der Waals surface area contributed by atoms with E-state index in [9.17, 15) is 14.4 Å². The molecule has 0 amide bonds.